The third kappa shape index (κ3) is 5.88. The smallest absolute Gasteiger partial charge is 0.241 e. The van der Waals surface area contributed by atoms with Crippen molar-refractivity contribution in [2.75, 3.05) is 5.32 Å². The van der Waals surface area contributed by atoms with Gasteiger partial charge in [-0.15, -0.1) is 12.4 Å². The minimum atomic E-state index is -0.645. The predicted octanol–water partition coefficient (Wildman–Crippen LogP) is 1.09. The summed E-state index contributed by atoms with van der Waals surface area (Å²) in [6.07, 6.45) is 5.69. The molecule has 7 nitrogen and oxygen atoms in total. The number of benzene rings is 1. The summed E-state index contributed by atoms with van der Waals surface area (Å²) in [6, 6.07) is 9.29. The van der Waals surface area contributed by atoms with Crippen LogP contribution < -0.4 is 16.4 Å². The Hall–Kier alpha value is -2.38. The van der Waals surface area contributed by atoms with Gasteiger partial charge in [0.15, 0.2) is 0 Å². The lowest BCUT2D eigenvalue weighted by atomic mass is 10.1. The van der Waals surface area contributed by atoms with Crippen LogP contribution in [0.15, 0.2) is 42.7 Å². The van der Waals surface area contributed by atoms with E-state index in [0.29, 0.717) is 18.2 Å². The Morgan fingerprint density at radius 2 is 2.00 bits per heavy atom. The molecule has 4 N–H and O–H groups in total. The van der Waals surface area contributed by atoms with E-state index < -0.39 is 6.04 Å². The van der Waals surface area contributed by atoms with Crippen LogP contribution in [0.2, 0.25) is 0 Å². The number of carbonyl (C=O) groups is 2. The third-order valence-electron chi connectivity index (χ3n) is 3.78. The Morgan fingerprint density at radius 3 is 2.68 bits per heavy atom. The minimum absolute atomic E-state index is 0. The van der Waals surface area contributed by atoms with Crippen LogP contribution in [0.3, 0.4) is 0 Å². The first-order valence-corrected chi connectivity index (χ1v) is 8.02. The molecule has 8 heteroatoms. The van der Waals surface area contributed by atoms with Crippen LogP contribution in [0.1, 0.15) is 18.4 Å². The molecule has 1 aromatic heterocycles. The van der Waals surface area contributed by atoms with E-state index in [2.05, 4.69) is 15.7 Å². The first-order valence-electron chi connectivity index (χ1n) is 8.02. The number of nitrogens with two attached hydrogens (primary N) is 1. The number of hydrogen-bond acceptors (Lipinski definition) is 4. The van der Waals surface area contributed by atoms with Crippen LogP contribution in [-0.2, 0) is 22.6 Å². The lowest BCUT2D eigenvalue weighted by molar-refractivity contribution is -0.122. The van der Waals surface area contributed by atoms with Crippen LogP contribution in [0, 0.1) is 0 Å². The molecule has 1 atom stereocenters. The predicted molar refractivity (Wildman–Crippen MR) is 97.4 cm³/mol. The molecule has 1 aromatic carbocycles. The highest BCUT2D eigenvalue weighted by molar-refractivity contribution is 5.94. The molecule has 0 aliphatic heterocycles. The molecule has 1 unspecified atom stereocenters. The molecule has 1 saturated carbocycles. The summed E-state index contributed by atoms with van der Waals surface area (Å²) in [7, 11) is 0. The molecule has 0 spiro atoms. The topological polar surface area (TPSA) is 102 Å². The minimum Gasteiger partial charge on any atom is -0.352 e. The van der Waals surface area contributed by atoms with Crippen molar-refractivity contribution in [3.05, 3.63) is 48.3 Å². The third-order valence-corrected chi connectivity index (χ3v) is 3.78. The molecule has 1 heterocycles. The van der Waals surface area contributed by atoms with E-state index in [4.69, 9.17) is 5.73 Å². The molecule has 0 bridgehead atoms. The second-order valence-corrected chi connectivity index (χ2v) is 6.05. The molecule has 134 valence electrons. The van der Waals surface area contributed by atoms with Gasteiger partial charge in [0.05, 0.1) is 17.9 Å². The fraction of sp³-hybridized carbons (Fsp3) is 0.353. The monoisotopic (exact) mass is 363 g/mol. The van der Waals surface area contributed by atoms with Crippen molar-refractivity contribution in [2.45, 2.75) is 37.9 Å². The fourth-order valence-electron chi connectivity index (χ4n) is 2.36. The summed E-state index contributed by atoms with van der Waals surface area (Å²) in [5, 5.41) is 9.70. The van der Waals surface area contributed by atoms with E-state index in [1.54, 1.807) is 6.20 Å². The molecule has 0 saturated heterocycles. The molecule has 1 aliphatic rings. The van der Waals surface area contributed by atoms with Crippen LogP contribution in [0.25, 0.3) is 0 Å². The van der Waals surface area contributed by atoms with E-state index in [1.807, 2.05) is 30.3 Å². The summed E-state index contributed by atoms with van der Waals surface area (Å²) in [4.78, 5) is 23.9. The van der Waals surface area contributed by atoms with Gasteiger partial charge in [0, 0.05) is 12.2 Å². The number of halogens is 1. The van der Waals surface area contributed by atoms with Crippen molar-refractivity contribution in [1.82, 2.24) is 15.1 Å². The van der Waals surface area contributed by atoms with Gasteiger partial charge in [-0.05, 0) is 24.8 Å². The lowest BCUT2D eigenvalue weighted by Crippen LogP contribution is -2.37. The molecule has 0 radical (unpaired) electrons. The molecule has 2 amide bonds. The Balaban J connectivity index is 0.00000225. The molecule has 1 fully saturated rings. The molecule has 2 aromatic rings. The maximum Gasteiger partial charge on any atom is 0.241 e. The largest absolute Gasteiger partial charge is 0.352 e. The number of nitrogens with zero attached hydrogens (tertiary/aromatic N) is 2. The van der Waals surface area contributed by atoms with Gasteiger partial charge >= 0.3 is 0 Å². The zero-order chi connectivity index (χ0) is 16.9. The van der Waals surface area contributed by atoms with Gasteiger partial charge < -0.3 is 16.4 Å². The molecular weight excluding hydrogens is 342 g/mol. The number of carbonyl (C=O) groups excluding carboxylic acids is 2. The molecule has 25 heavy (non-hydrogen) atoms. The van der Waals surface area contributed by atoms with Gasteiger partial charge in [-0.3, -0.25) is 14.3 Å². The lowest BCUT2D eigenvalue weighted by Gasteiger charge is -2.11. The van der Waals surface area contributed by atoms with E-state index in [0.717, 1.165) is 18.4 Å². The maximum atomic E-state index is 12.1. The van der Waals surface area contributed by atoms with Gasteiger partial charge in [-0.2, -0.15) is 5.10 Å². The number of rotatable bonds is 7. The van der Waals surface area contributed by atoms with E-state index in [-0.39, 0.29) is 30.8 Å². The molecule has 3 rings (SSSR count). The van der Waals surface area contributed by atoms with Crippen molar-refractivity contribution in [2.24, 2.45) is 5.73 Å². The first-order chi connectivity index (χ1) is 11.6. The van der Waals surface area contributed by atoms with Gasteiger partial charge in [-0.1, -0.05) is 30.3 Å². The number of aromatic nitrogens is 2. The second kappa shape index (κ2) is 8.64. The maximum absolute atomic E-state index is 12.1. The number of amides is 2. The van der Waals surface area contributed by atoms with Crippen LogP contribution in [0.5, 0.6) is 0 Å². The molecular formula is C17H22ClN5O2. The van der Waals surface area contributed by atoms with Crippen molar-refractivity contribution in [1.29, 1.82) is 0 Å². The average molecular weight is 364 g/mol. The Kier molecular flexibility index (Phi) is 6.55. The highest BCUT2D eigenvalue weighted by Crippen LogP contribution is 2.18. The normalized spacial score (nSPS) is 14.3. The first kappa shape index (κ1) is 19.0. The van der Waals surface area contributed by atoms with Crippen LogP contribution in [0.4, 0.5) is 5.69 Å². The molecule has 1 aliphatic carbocycles. The van der Waals surface area contributed by atoms with E-state index in [1.165, 1.54) is 10.9 Å². The number of anilines is 1. The van der Waals surface area contributed by atoms with E-state index in [9.17, 15) is 9.59 Å². The standard InChI is InChI=1S/C17H21N5O2.ClH/c18-15(8-12-4-2-1-3-5-12)17(24)21-14-9-19-22(10-14)11-16(23)20-13-6-7-13;/h1-5,9-10,13,15H,6-8,11,18H2,(H,20,23)(H,21,24);1H. The van der Waals surface area contributed by atoms with Crippen LogP contribution in [-0.4, -0.2) is 33.7 Å². The SMILES string of the molecule is Cl.NC(Cc1ccccc1)C(=O)Nc1cnn(CC(=O)NC2CC2)c1. The zero-order valence-corrected chi connectivity index (χ0v) is 14.5. The number of nitrogens with one attached hydrogen (secondary N) is 2. The van der Waals surface area contributed by atoms with Crippen molar-refractivity contribution >= 4 is 29.9 Å². The second-order valence-electron chi connectivity index (χ2n) is 6.05. The average Bonchev–Trinajstić information content (AvgIpc) is 3.26. The van der Waals surface area contributed by atoms with Crippen molar-refractivity contribution in [3.63, 3.8) is 0 Å². The van der Waals surface area contributed by atoms with Gasteiger partial charge in [-0.25, -0.2) is 0 Å². The van der Waals surface area contributed by atoms with Crippen molar-refractivity contribution in [3.8, 4) is 0 Å². The van der Waals surface area contributed by atoms with Gasteiger partial charge in [0.1, 0.15) is 6.54 Å². The quantitative estimate of drug-likeness (QED) is 0.685. The fourth-order valence-corrected chi connectivity index (χ4v) is 2.36. The summed E-state index contributed by atoms with van der Waals surface area (Å²) in [5.74, 6) is -0.347. The van der Waals surface area contributed by atoms with E-state index >= 15 is 0 Å². The highest BCUT2D eigenvalue weighted by atomic mass is 35.5. The van der Waals surface area contributed by atoms with Crippen LogP contribution >= 0.6 is 12.4 Å². The summed E-state index contributed by atoms with van der Waals surface area (Å²) in [5.41, 5.74) is 7.48. The zero-order valence-electron chi connectivity index (χ0n) is 13.7. The summed E-state index contributed by atoms with van der Waals surface area (Å²) in [6.45, 7) is 0.141. The highest BCUT2D eigenvalue weighted by Gasteiger charge is 2.23. The number of hydrogen-bond donors (Lipinski definition) is 3. The summed E-state index contributed by atoms with van der Waals surface area (Å²) >= 11 is 0. The van der Waals surface area contributed by atoms with Crippen molar-refractivity contribution < 1.29 is 9.59 Å². The summed E-state index contributed by atoms with van der Waals surface area (Å²) < 4.78 is 1.50. The van der Waals surface area contributed by atoms with Gasteiger partial charge in [0.25, 0.3) is 0 Å². The Bertz CT molecular complexity index is 715. The Morgan fingerprint density at radius 1 is 1.28 bits per heavy atom. The Labute approximate surface area is 152 Å². The van der Waals surface area contributed by atoms with Gasteiger partial charge in [0.2, 0.25) is 11.8 Å².